The summed E-state index contributed by atoms with van der Waals surface area (Å²) in [6.45, 7) is 4.30. The molecule has 0 aromatic carbocycles. The van der Waals surface area contributed by atoms with Crippen LogP contribution in [0.3, 0.4) is 0 Å². The Hall–Kier alpha value is -2.50. The molecule has 0 saturated carbocycles. The van der Waals surface area contributed by atoms with Crippen molar-refractivity contribution in [3.8, 4) is 0 Å². The Labute approximate surface area is 128 Å². The van der Waals surface area contributed by atoms with Crippen LogP contribution >= 0.6 is 0 Å². The molecule has 2 aromatic rings. The Morgan fingerprint density at radius 2 is 1.95 bits per heavy atom. The molecular weight excluding hydrogens is 276 g/mol. The Bertz CT molecular complexity index is 911. The summed E-state index contributed by atoms with van der Waals surface area (Å²) in [5.74, 6) is 0. The minimum Gasteiger partial charge on any atom is -0.367 e. The SMILES string of the molecule is CCC1=C(c2cnn(C)c2C)NC2NC=c3cnn(C)c3=C12. The zero-order valence-corrected chi connectivity index (χ0v) is 13.3. The molecule has 0 radical (unpaired) electrons. The van der Waals surface area contributed by atoms with E-state index in [1.54, 1.807) is 0 Å². The maximum absolute atomic E-state index is 4.40. The first-order valence-electron chi connectivity index (χ1n) is 7.59. The van der Waals surface area contributed by atoms with Gasteiger partial charge in [-0.3, -0.25) is 9.36 Å². The van der Waals surface area contributed by atoms with Crippen LogP contribution in [-0.2, 0) is 14.1 Å². The van der Waals surface area contributed by atoms with Crippen LogP contribution in [0.4, 0.5) is 0 Å². The number of rotatable bonds is 2. The average molecular weight is 296 g/mol. The highest BCUT2D eigenvalue weighted by atomic mass is 15.3. The molecule has 2 N–H and O–H groups in total. The van der Waals surface area contributed by atoms with Gasteiger partial charge in [0.15, 0.2) is 0 Å². The molecule has 2 aliphatic rings. The number of aromatic nitrogens is 4. The van der Waals surface area contributed by atoms with Crippen LogP contribution in [0, 0.1) is 6.92 Å². The van der Waals surface area contributed by atoms with Gasteiger partial charge >= 0.3 is 0 Å². The lowest BCUT2D eigenvalue weighted by Crippen LogP contribution is -2.47. The van der Waals surface area contributed by atoms with Gasteiger partial charge in [-0.05, 0) is 18.9 Å². The van der Waals surface area contributed by atoms with Crippen molar-refractivity contribution < 1.29 is 0 Å². The first-order chi connectivity index (χ1) is 10.6. The lowest BCUT2D eigenvalue weighted by molar-refractivity contribution is 0.675. The molecule has 0 amide bonds. The Morgan fingerprint density at radius 1 is 1.18 bits per heavy atom. The molecule has 4 heterocycles. The zero-order valence-electron chi connectivity index (χ0n) is 13.3. The second-order valence-corrected chi connectivity index (χ2v) is 5.85. The van der Waals surface area contributed by atoms with Crippen molar-refractivity contribution in [2.75, 3.05) is 0 Å². The predicted molar refractivity (Wildman–Crippen MR) is 85.5 cm³/mol. The highest BCUT2D eigenvalue weighted by molar-refractivity contribution is 5.89. The molecule has 0 aliphatic carbocycles. The Kier molecular flexibility index (Phi) is 2.69. The fourth-order valence-electron chi connectivity index (χ4n) is 3.43. The standard InChI is InChI=1S/C16H20N6/c1-5-11-13-15-10(7-18-22(15)4)6-17-16(13)20-14(11)12-8-19-21(3)9(12)2/h6-8,16-17,20H,5H2,1-4H3. The Morgan fingerprint density at radius 3 is 2.64 bits per heavy atom. The molecule has 1 atom stereocenters. The third kappa shape index (κ3) is 1.60. The summed E-state index contributed by atoms with van der Waals surface area (Å²) in [4.78, 5) is 0. The average Bonchev–Trinajstić information content (AvgIpc) is 3.16. The summed E-state index contributed by atoms with van der Waals surface area (Å²) in [5.41, 5.74) is 6.17. The second kappa shape index (κ2) is 4.50. The maximum atomic E-state index is 4.40. The van der Waals surface area contributed by atoms with Crippen molar-refractivity contribution in [1.29, 1.82) is 0 Å². The van der Waals surface area contributed by atoms with Gasteiger partial charge in [0.05, 0.1) is 23.4 Å². The van der Waals surface area contributed by atoms with Gasteiger partial charge in [0.2, 0.25) is 0 Å². The second-order valence-electron chi connectivity index (χ2n) is 5.85. The summed E-state index contributed by atoms with van der Waals surface area (Å²) in [6.07, 6.45) is 6.96. The summed E-state index contributed by atoms with van der Waals surface area (Å²) < 4.78 is 3.88. The predicted octanol–water partition coefficient (Wildman–Crippen LogP) is -0.295. The highest BCUT2D eigenvalue weighted by Gasteiger charge is 2.32. The molecule has 2 aliphatic heterocycles. The molecule has 1 unspecified atom stereocenters. The monoisotopic (exact) mass is 296 g/mol. The molecule has 0 bridgehead atoms. The molecule has 114 valence electrons. The van der Waals surface area contributed by atoms with Crippen LogP contribution in [-0.4, -0.2) is 25.7 Å². The summed E-state index contributed by atoms with van der Waals surface area (Å²) in [7, 11) is 3.98. The van der Waals surface area contributed by atoms with Crippen molar-refractivity contribution in [3.63, 3.8) is 0 Å². The third-order valence-corrected chi connectivity index (χ3v) is 4.69. The first kappa shape index (κ1) is 13.2. The molecule has 2 aromatic heterocycles. The van der Waals surface area contributed by atoms with E-state index in [-0.39, 0.29) is 6.17 Å². The molecule has 0 spiro atoms. The van der Waals surface area contributed by atoms with Gasteiger partial charge in [0.1, 0.15) is 6.17 Å². The number of nitrogens with zero attached hydrogens (tertiary/aromatic N) is 4. The van der Waals surface area contributed by atoms with E-state index in [0.717, 1.165) is 11.6 Å². The first-order valence-corrected chi connectivity index (χ1v) is 7.59. The topological polar surface area (TPSA) is 59.7 Å². The van der Waals surface area contributed by atoms with E-state index in [1.807, 2.05) is 42.1 Å². The number of nitrogens with one attached hydrogen (secondary N) is 2. The van der Waals surface area contributed by atoms with Crippen LogP contribution < -0.4 is 21.2 Å². The molecule has 0 fully saturated rings. The van der Waals surface area contributed by atoms with Crippen LogP contribution in [0.5, 0.6) is 0 Å². The van der Waals surface area contributed by atoms with E-state index in [1.165, 1.54) is 33.4 Å². The zero-order chi connectivity index (χ0) is 15.4. The summed E-state index contributed by atoms with van der Waals surface area (Å²) in [5, 5.41) is 18.2. The fraction of sp³-hybridized carbons (Fsp3) is 0.375. The molecule has 6 nitrogen and oxygen atoms in total. The van der Waals surface area contributed by atoms with Gasteiger partial charge in [0, 0.05) is 42.3 Å². The number of aryl methyl sites for hydroxylation is 2. The van der Waals surface area contributed by atoms with Crippen molar-refractivity contribution in [3.05, 3.63) is 39.8 Å². The van der Waals surface area contributed by atoms with Crippen LogP contribution in [0.1, 0.15) is 24.6 Å². The molecule has 4 rings (SSSR count). The minimum absolute atomic E-state index is 0.104. The molecule has 22 heavy (non-hydrogen) atoms. The lowest BCUT2D eigenvalue weighted by atomic mass is 9.99. The molecule has 0 saturated heterocycles. The summed E-state index contributed by atoms with van der Waals surface area (Å²) >= 11 is 0. The number of hydrogen-bond acceptors (Lipinski definition) is 4. The van der Waals surface area contributed by atoms with E-state index in [0.29, 0.717) is 0 Å². The number of hydrogen-bond donors (Lipinski definition) is 2. The lowest BCUT2D eigenvalue weighted by Gasteiger charge is -2.18. The molecule has 6 heteroatoms. The molecular formula is C16H20N6. The van der Waals surface area contributed by atoms with Crippen molar-refractivity contribution in [1.82, 2.24) is 30.2 Å². The van der Waals surface area contributed by atoms with Gasteiger partial charge in [0.25, 0.3) is 0 Å². The van der Waals surface area contributed by atoms with Gasteiger partial charge in [-0.2, -0.15) is 10.2 Å². The van der Waals surface area contributed by atoms with Gasteiger partial charge in [-0.1, -0.05) is 6.92 Å². The van der Waals surface area contributed by atoms with E-state index >= 15 is 0 Å². The van der Waals surface area contributed by atoms with E-state index < -0.39 is 0 Å². The van der Waals surface area contributed by atoms with Gasteiger partial charge in [-0.15, -0.1) is 0 Å². The van der Waals surface area contributed by atoms with Crippen LogP contribution in [0.25, 0.3) is 17.5 Å². The normalized spacial score (nSPS) is 19.5. The summed E-state index contributed by atoms with van der Waals surface area (Å²) in [6, 6.07) is 0. The van der Waals surface area contributed by atoms with Crippen molar-refractivity contribution in [2.45, 2.75) is 26.4 Å². The van der Waals surface area contributed by atoms with E-state index in [9.17, 15) is 0 Å². The van der Waals surface area contributed by atoms with Gasteiger partial charge in [-0.25, -0.2) is 0 Å². The third-order valence-electron chi connectivity index (χ3n) is 4.69. The number of fused-ring (bicyclic) bond motifs is 2. The van der Waals surface area contributed by atoms with Crippen LogP contribution in [0.15, 0.2) is 18.0 Å². The quantitative estimate of drug-likeness (QED) is 0.799. The Balaban J connectivity index is 2.03. The smallest absolute Gasteiger partial charge is 0.125 e. The maximum Gasteiger partial charge on any atom is 0.125 e. The van der Waals surface area contributed by atoms with Crippen LogP contribution in [0.2, 0.25) is 0 Å². The minimum atomic E-state index is 0.104. The largest absolute Gasteiger partial charge is 0.367 e. The van der Waals surface area contributed by atoms with Crippen molar-refractivity contribution >= 4 is 17.5 Å². The van der Waals surface area contributed by atoms with E-state index in [4.69, 9.17) is 0 Å². The van der Waals surface area contributed by atoms with E-state index in [2.05, 4.69) is 34.7 Å². The fourth-order valence-corrected chi connectivity index (χ4v) is 3.43. The highest BCUT2D eigenvalue weighted by Crippen LogP contribution is 2.34. The van der Waals surface area contributed by atoms with Gasteiger partial charge < -0.3 is 10.6 Å². The van der Waals surface area contributed by atoms with Crippen molar-refractivity contribution in [2.24, 2.45) is 14.1 Å².